The van der Waals surface area contributed by atoms with E-state index in [-0.39, 0.29) is 0 Å². The number of hydrogen-bond acceptors (Lipinski definition) is 3. The van der Waals surface area contributed by atoms with Crippen LogP contribution >= 0.6 is 0 Å². The highest BCUT2D eigenvalue weighted by Crippen LogP contribution is 2.04. The summed E-state index contributed by atoms with van der Waals surface area (Å²) in [6.07, 6.45) is 6.00. The average molecular weight is 224 g/mol. The second-order valence-electron chi connectivity index (χ2n) is 4.48. The zero-order valence-corrected chi connectivity index (χ0v) is 10.4. The van der Waals surface area contributed by atoms with Gasteiger partial charge in [0.05, 0.1) is 6.26 Å². The molecule has 0 aliphatic heterocycles. The minimum Gasteiger partial charge on any atom is -0.469 e. The molecule has 0 saturated carbocycles. The van der Waals surface area contributed by atoms with Crippen molar-refractivity contribution in [3.8, 4) is 0 Å². The molecule has 1 heterocycles. The molecule has 0 aliphatic carbocycles. The molecule has 1 rings (SSSR count). The molecule has 0 bridgehead atoms. The second kappa shape index (κ2) is 7.47. The molecule has 16 heavy (non-hydrogen) atoms. The smallest absolute Gasteiger partial charge is 0.105 e. The predicted molar refractivity (Wildman–Crippen MR) is 67.4 cm³/mol. The molecule has 3 heteroatoms. The molecule has 0 saturated heterocycles. The van der Waals surface area contributed by atoms with Crippen LogP contribution in [-0.2, 0) is 6.42 Å². The first-order chi connectivity index (χ1) is 7.72. The molecule has 0 aromatic carbocycles. The Morgan fingerprint density at radius 2 is 2.25 bits per heavy atom. The Balaban J connectivity index is 2.08. The van der Waals surface area contributed by atoms with Crippen LogP contribution in [0.15, 0.2) is 22.8 Å². The van der Waals surface area contributed by atoms with Gasteiger partial charge in [0, 0.05) is 18.5 Å². The van der Waals surface area contributed by atoms with E-state index in [4.69, 9.17) is 10.2 Å². The van der Waals surface area contributed by atoms with Gasteiger partial charge in [-0.3, -0.25) is 0 Å². The maximum Gasteiger partial charge on any atom is 0.105 e. The fraction of sp³-hybridized carbons (Fsp3) is 0.692. The zero-order valence-electron chi connectivity index (χ0n) is 10.4. The van der Waals surface area contributed by atoms with Crippen LogP contribution < -0.4 is 11.1 Å². The minimum absolute atomic E-state index is 0.341. The van der Waals surface area contributed by atoms with Gasteiger partial charge in [-0.2, -0.15) is 0 Å². The van der Waals surface area contributed by atoms with Gasteiger partial charge in [-0.25, -0.2) is 0 Å². The first-order valence-electron chi connectivity index (χ1n) is 6.23. The second-order valence-corrected chi connectivity index (χ2v) is 4.48. The molecule has 0 aliphatic rings. The van der Waals surface area contributed by atoms with Gasteiger partial charge < -0.3 is 15.5 Å². The van der Waals surface area contributed by atoms with Crippen molar-refractivity contribution in [3.63, 3.8) is 0 Å². The van der Waals surface area contributed by atoms with E-state index < -0.39 is 0 Å². The molecule has 2 atom stereocenters. The molecule has 3 N–H and O–H groups in total. The number of hydrogen-bond donors (Lipinski definition) is 2. The maximum atomic E-state index is 5.95. The molecule has 0 fully saturated rings. The lowest BCUT2D eigenvalue weighted by molar-refractivity contribution is 0.442. The van der Waals surface area contributed by atoms with Crippen molar-refractivity contribution in [2.24, 2.45) is 5.73 Å². The summed E-state index contributed by atoms with van der Waals surface area (Å²) in [7, 11) is 0. The minimum atomic E-state index is 0.341. The van der Waals surface area contributed by atoms with Gasteiger partial charge in [-0.15, -0.1) is 0 Å². The van der Waals surface area contributed by atoms with Gasteiger partial charge in [0.15, 0.2) is 0 Å². The van der Waals surface area contributed by atoms with Crippen molar-refractivity contribution in [1.29, 1.82) is 0 Å². The number of rotatable bonds is 8. The third-order valence-corrected chi connectivity index (χ3v) is 2.75. The quantitative estimate of drug-likeness (QED) is 0.712. The fourth-order valence-corrected chi connectivity index (χ4v) is 1.83. The topological polar surface area (TPSA) is 51.2 Å². The summed E-state index contributed by atoms with van der Waals surface area (Å²) in [6.45, 7) is 5.34. The Hall–Kier alpha value is -0.800. The highest BCUT2D eigenvalue weighted by molar-refractivity contribution is 4.99. The van der Waals surface area contributed by atoms with E-state index in [0.717, 1.165) is 31.6 Å². The molecular weight excluding hydrogens is 200 g/mol. The van der Waals surface area contributed by atoms with Crippen LogP contribution in [0.2, 0.25) is 0 Å². The van der Waals surface area contributed by atoms with Gasteiger partial charge in [0.2, 0.25) is 0 Å². The van der Waals surface area contributed by atoms with Crippen LogP contribution in [0.1, 0.15) is 38.9 Å². The van der Waals surface area contributed by atoms with Crippen LogP contribution in [0.3, 0.4) is 0 Å². The summed E-state index contributed by atoms with van der Waals surface area (Å²) in [5.41, 5.74) is 5.95. The molecule has 2 unspecified atom stereocenters. The summed E-state index contributed by atoms with van der Waals surface area (Å²) in [4.78, 5) is 0. The fourth-order valence-electron chi connectivity index (χ4n) is 1.83. The number of nitrogens with two attached hydrogens (primary N) is 1. The summed E-state index contributed by atoms with van der Waals surface area (Å²) in [5, 5.41) is 3.47. The van der Waals surface area contributed by atoms with E-state index in [1.165, 1.54) is 6.42 Å². The van der Waals surface area contributed by atoms with Gasteiger partial charge in [0.25, 0.3) is 0 Å². The third-order valence-electron chi connectivity index (χ3n) is 2.75. The van der Waals surface area contributed by atoms with Crippen molar-refractivity contribution in [3.05, 3.63) is 24.2 Å². The van der Waals surface area contributed by atoms with E-state index in [1.54, 1.807) is 6.26 Å². The SMILES string of the molecule is CCCC(N)CCNC(C)Cc1ccco1. The largest absolute Gasteiger partial charge is 0.469 e. The normalized spacial score (nSPS) is 14.9. The monoisotopic (exact) mass is 224 g/mol. The van der Waals surface area contributed by atoms with E-state index in [2.05, 4.69) is 19.2 Å². The standard InChI is InChI=1S/C13H24N2O/c1-3-5-12(14)7-8-15-11(2)10-13-6-4-9-16-13/h4,6,9,11-12,15H,3,5,7-8,10,14H2,1-2H3. The van der Waals surface area contributed by atoms with Gasteiger partial charge >= 0.3 is 0 Å². The Labute approximate surface area is 98.4 Å². The average Bonchev–Trinajstić information content (AvgIpc) is 2.70. The number of nitrogens with one attached hydrogen (secondary N) is 1. The Bertz CT molecular complexity index is 259. The Kier molecular flexibility index (Phi) is 6.19. The van der Waals surface area contributed by atoms with Crippen molar-refractivity contribution >= 4 is 0 Å². The van der Waals surface area contributed by atoms with E-state index >= 15 is 0 Å². The lowest BCUT2D eigenvalue weighted by Crippen LogP contribution is -2.32. The summed E-state index contributed by atoms with van der Waals surface area (Å²) < 4.78 is 5.31. The Morgan fingerprint density at radius 1 is 1.44 bits per heavy atom. The van der Waals surface area contributed by atoms with Gasteiger partial charge in [-0.05, 0) is 38.4 Å². The first kappa shape index (κ1) is 13.3. The van der Waals surface area contributed by atoms with E-state index in [9.17, 15) is 0 Å². The van der Waals surface area contributed by atoms with Crippen LogP contribution in [0.4, 0.5) is 0 Å². The van der Waals surface area contributed by atoms with Crippen LogP contribution in [0.5, 0.6) is 0 Å². The molecular formula is C13H24N2O. The molecule has 1 aromatic rings. The van der Waals surface area contributed by atoms with Gasteiger partial charge in [-0.1, -0.05) is 13.3 Å². The van der Waals surface area contributed by atoms with Crippen LogP contribution in [0.25, 0.3) is 0 Å². The predicted octanol–water partition coefficient (Wildman–Crippen LogP) is 2.32. The van der Waals surface area contributed by atoms with Crippen LogP contribution in [0, 0.1) is 0 Å². The lowest BCUT2D eigenvalue weighted by Gasteiger charge is -2.15. The van der Waals surface area contributed by atoms with Crippen molar-refractivity contribution in [1.82, 2.24) is 5.32 Å². The van der Waals surface area contributed by atoms with Crippen LogP contribution in [-0.4, -0.2) is 18.6 Å². The maximum absolute atomic E-state index is 5.95. The van der Waals surface area contributed by atoms with E-state index in [0.29, 0.717) is 12.1 Å². The zero-order chi connectivity index (χ0) is 11.8. The van der Waals surface area contributed by atoms with Gasteiger partial charge in [0.1, 0.15) is 5.76 Å². The number of furan rings is 1. The Morgan fingerprint density at radius 3 is 2.88 bits per heavy atom. The highest BCUT2D eigenvalue weighted by Gasteiger charge is 2.06. The van der Waals surface area contributed by atoms with Crippen molar-refractivity contribution in [2.75, 3.05) is 6.54 Å². The summed E-state index contributed by atoms with van der Waals surface area (Å²) in [5.74, 6) is 1.04. The molecule has 3 nitrogen and oxygen atoms in total. The highest BCUT2D eigenvalue weighted by atomic mass is 16.3. The van der Waals surface area contributed by atoms with Crippen molar-refractivity contribution < 1.29 is 4.42 Å². The molecule has 0 amide bonds. The first-order valence-corrected chi connectivity index (χ1v) is 6.23. The third kappa shape index (κ3) is 5.33. The lowest BCUT2D eigenvalue weighted by atomic mass is 10.1. The van der Waals surface area contributed by atoms with E-state index in [1.807, 2.05) is 12.1 Å². The molecule has 0 spiro atoms. The summed E-state index contributed by atoms with van der Waals surface area (Å²) in [6, 6.07) is 4.73. The summed E-state index contributed by atoms with van der Waals surface area (Å²) >= 11 is 0. The molecule has 1 aromatic heterocycles. The molecule has 0 radical (unpaired) electrons. The van der Waals surface area contributed by atoms with Crippen molar-refractivity contribution in [2.45, 2.75) is 51.6 Å². The molecule has 92 valence electrons.